The first-order valence-electron chi connectivity index (χ1n) is 7.27. The van der Waals surface area contributed by atoms with Crippen LogP contribution in [0, 0.1) is 35.5 Å². The van der Waals surface area contributed by atoms with Gasteiger partial charge in [-0.25, -0.2) is 0 Å². The minimum absolute atomic E-state index is 0.815. The third-order valence-corrected chi connectivity index (χ3v) is 4.49. The third kappa shape index (κ3) is 5.37. The molecule has 0 nitrogen and oxygen atoms in total. The molecule has 0 aliphatic rings. The highest BCUT2D eigenvalue weighted by molar-refractivity contribution is 4.76. The first kappa shape index (κ1) is 16.0. The summed E-state index contributed by atoms with van der Waals surface area (Å²) in [6.07, 6.45) is 2.80. The molecule has 3 unspecified atom stereocenters. The molecule has 0 aromatic carbocycles. The van der Waals surface area contributed by atoms with Crippen LogP contribution >= 0.6 is 0 Å². The zero-order valence-electron chi connectivity index (χ0n) is 12.9. The molecule has 0 aliphatic carbocycles. The third-order valence-electron chi connectivity index (χ3n) is 4.49. The van der Waals surface area contributed by atoms with Crippen LogP contribution in [0.15, 0.2) is 0 Å². The minimum atomic E-state index is 0.815. The van der Waals surface area contributed by atoms with E-state index in [1.54, 1.807) is 0 Å². The molecule has 0 aromatic heterocycles. The van der Waals surface area contributed by atoms with Crippen molar-refractivity contribution >= 4 is 0 Å². The average Bonchev–Trinajstić information content (AvgIpc) is 2.15. The molecular weight excluding hydrogens is 192 g/mol. The van der Waals surface area contributed by atoms with Crippen LogP contribution in [-0.4, -0.2) is 0 Å². The molecule has 0 aromatic rings. The first-order valence-corrected chi connectivity index (χ1v) is 7.27. The predicted molar refractivity (Wildman–Crippen MR) is 75.6 cm³/mol. The second kappa shape index (κ2) is 7.35. The molecule has 0 saturated carbocycles. The standard InChI is InChI=1S/C16H34/c1-11(2)9-10-16(13(5)6)15(8)14(7)12(3)4/h11-16H,9-10H2,1-8H3. The van der Waals surface area contributed by atoms with Gasteiger partial charge in [0.1, 0.15) is 0 Å². The molecule has 0 heterocycles. The molecule has 0 aliphatic heterocycles. The summed E-state index contributed by atoms with van der Waals surface area (Å²) in [4.78, 5) is 0. The van der Waals surface area contributed by atoms with E-state index in [1.807, 2.05) is 0 Å². The van der Waals surface area contributed by atoms with Gasteiger partial charge in [0.15, 0.2) is 0 Å². The molecule has 0 bridgehead atoms. The Morgan fingerprint density at radius 3 is 1.38 bits per heavy atom. The summed E-state index contributed by atoms with van der Waals surface area (Å²) in [6, 6.07) is 0. The molecule has 16 heavy (non-hydrogen) atoms. The Hall–Kier alpha value is 0. The van der Waals surface area contributed by atoms with Gasteiger partial charge in [-0.05, 0) is 41.9 Å². The maximum Gasteiger partial charge on any atom is -0.0363 e. The average molecular weight is 226 g/mol. The van der Waals surface area contributed by atoms with E-state index in [1.165, 1.54) is 12.8 Å². The van der Waals surface area contributed by atoms with Crippen molar-refractivity contribution in [1.82, 2.24) is 0 Å². The lowest BCUT2D eigenvalue weighted by Crippen LogP contribution is -2.26. The van der Waals surface area contributed by atoms with Crippen LogP contribution in [0.1, 0.15) is 68.2 Å². The van der Waals surface area contributed by atoms with Gasteiger partial charge in [-0.1, -0.05) is 61.8 Å². The van der Waals surface area contributed by atoms with Crippen LogP contribution in [0.25, 0.3) is 0 Å². The van der Waals surface area contributed by atoms with E-state index >= 15 is 0 Å². The van der Waals surface area contributed by atoms with E-state index in [2.05, 4.69) is 55.4 Å². The molecule has 98 valence electrons. The highest BCUT2D eigenvalue weighted by Gasteiger charge is 2.26. The molecule has 0 amide bonds. The van der Waals surface area contributed by atoms with Gasteiger partial charge < -0.3 is 0 Å². The van der Waals surface area contributed by atoms with Gasteiger partial charge in [-0.3, -0.25) is 0 Å². The van der Waals surface area contributed by atoms with Gasteiger partial charge in [0.05, 0.1) is 0 Å². The summed E-state index contributed by atoms with van der Waals surface area (Å²) in [5.41, 5.74) is 0. The van der Waals surface area contributed by atoms with Gasteiger partial charge >= 0.3 is 0 Å². The summed E-state index contributed by atoms with van der Waals surface area (Å²) < 4.78 is 0. The predicted octanol–water partition coefficient (Wildman–Crippen LogP) is 5.62. The van der Waals surface area contributed by atoms with Crippen LogP contribution in [0.5, 0.6) is 0 Å². The Kier molecular flexibility index (Phi) is 7.35. The fourth-order valence-electron chi connectivity index (χ4n) is 2.73. The normalized spacial score (nSPS) is 18.2. The molecule has 0 N–H and O–H groups in total. The first-order chi connectivity index (χ1) is 7.27. The van der Waals surface area contributed by atoms with Crippen molar-refractivity contribution in [2.45, 2.75) is 68.2 Å². The lowest BCUT2D eigenvalue weighted by atomic mass is 9.71. The van der Waals surface area contributed by atoms with Gasteiger partial charge in [-0.15, -0.1) is 0 Å². The monoisotopic (exact) mass is 226 g/mol. The summed E-state index contributed by atoms with van der Waals surface area (Å²) >= 11 is 0. The van der Waals surface area contributed by atoms with E-state index in [4.69, 9.17) is 0 Å². The van der Waals surface area contributed by atoms with Crippen LogP contribution < -0.4 is 0 Å². The lowest BCUT2D eigenvalue weighted by Gasteiger charge is -2.34. The molecular formula is C16H34. The molecule has 0 spiro atoms. The molecule has 0 rings (SSSR count). The Morgan fingerprint density at radius 1 is 0.562 bits per heavy atom. The van der Waals surface area contributed by atoms with E-state index in [0.29, 0.717) is 0 Å². The van der Waals surface area contributed by atoms with E-state index in [0.717, 1.165) is 35.5 Å². The number of rotatable bonds is 7. The fourth-order valence-corrected chi connectivity index (χ4v) is 2.73. The number of hydrogen-bond donors (Lipinski definition) is 0. The summed E-state index contributed by atoms with van der Waals surface area (Å²) in [5.74, 6) is 5.10. The maximum atomic E-state index is 2.47. The van der Waals surface area contributed by atoms with Crippen molar-refractivity contribution in [2.24, 2.45) is 35.5 Å². The topological polar surface area (TPSA) is 0 Å². The largest absolute Gasteiger partial charge is 0.0628 e. The highest BCUT2D eigenvalue weighted by atomic mass is 14.3. The Labute approximate surface area is 104 Å². The Morgan fingerprint density at radius 2 is 1.06 bits per heavy atom. The SMILES string of the molecule is CC(C)CCC(C(C)C)C(C)C(C)C(C)C. The van der Waals surface area contributed by atoms with Crippen LogP contribution in [0.4, 0.5) is 0 Å². The van der Waals surface area contributed by atoms with Crippen LogP contribution in [-0.2, 0) is 0 Å². The smallest absolute Gasteiger partial charge is 0.0363 e. The molecule has 0 radical (unpaired) electrons. The van der Waals surface area contributed by atoms with Crippen molar-refractivity contribution in [3.05, 3.63) is 0 Å². The maximum absolute atomic E-state index is 2.47. The van der Waals surface area contributed by atoms with Gasteiger partial charge in [0.25, 0.3) is 0 Å². The van der Waals surface area contributed by atoms with E-state index in [-0.39, 0.29) is 0 Å². The fraction of sp³-hybridized carbons (Fsp3) is 1.00. The van der Waals surface area contributed by atoms with Gasteiger partial charge in [-0.2, -0.15) is 0 Å². The van der Waals surface area contributed by atoms with Crippen LogP contribution in [0.3, 0.4) is 0 Å². The lowest BCUT2D eigenvalue weighted by molar-refractivity contribution is 0.153. The second-order valence-corrected chi connectivity index (χ2v) is 6.84. The summed E-state index contributed by atoms with van der Waals surface area (Å²) in [7, 11) is 0. The van der Waals surface area contributed by atoms with Crippen molar-refractivity contribution in [3.8, 4) is 0 Å². The van der Waals surface area contributed by atoms with Crippen molar-refractivity contribution in [1.29, 1.82) is 0 Å². The van der Waals surface area contributed by atoms with Gasteiger partial charge in [0, 0.05) is 0 Å². The molecule has 0 fully saturated rings. The minimum Gasteiger partial charge on any atom is -0.0628 e. The zero-order valence-corrected chi connectivity index (χ0v) is 12.9. The van der Waals surface area contributed by atoms with E-state index in [9.17, 15) is 0 Å². The van der Waals surface area contributed by atoms with Crippen molar-refractivity contribution in [2.75, 3.05) is 0 Å². The second-order valence-electron chi connectivity index (χ2n) is 6.84. The van der Waals surface area contributed by atoms with Crippen molar-refractivity contribution < 1.29 is 0 Å². The van der Waals surface area contributed by atoms with Gasteiger partial charge in [0.2, 0.25) is 0 Å². The summed E-state index contributed by atoms with van der Waals surface area (Å²) in [5, 5.41) is 0. The summed E-state index contributed by atoms with van der Waals surface area (Å²) in [6.45, 7) is 19.1. The number of hydrogen-bond acceptors (Lipinski definition) is 0. The quantitative estimate of drug-likeness (QED) is 0.528. The Bertz CT molecular complexity index is 167. The molecule has 0 saturated heterocycles. The van der Waals surface area contributed by atoms with Crippen LogP contribution in [0.2, 0.25) is 0 Å². The van der Waals surface area contributed by atoms with E-state index < -0.39 is 0 Å². The molecule has 0 heteroatoms. The molecule has 3 atom stereocenters. The highest BCUT2D eigenvalue weighted by Crippen LogP contribution is 2.34. The zero-order chi connectivity index (χ0) is 12.9. The van der Waals surface area contributed by atoms with Crippen molar-refractivity contribution in [3.63, 3.8) is 0 Å². The Balaban J connectivity index is 4.40.